The molecule has 0 aliphatic heterocycles. The van der Waals surface area contributed by atoms with Crippen molar-refractivity contribution in [2.45, 2.75) is 26.0 Å². The minimum absolute atomic E-state index is 0.0208. The summed E-state index contributed by atoms with van der Waals surface area (Å²) in [4.78, 5) is 14.1. The van der Waals surface area contributed by atoms with Crippen molar-refractivity contribution in [2.75, 3.05) is 11.9 Å². The number of nitrogens with two attached hydrogens (primary N) is 1. The molecular weight excluding hydrogens is 306 g/mol. The smallest absolute Gasteiger partial charge is 0.320 e. The summed E-state index contributed by atoms with van der Waals surface area (Å²) in [7, 11) is 0. The highest BCUT2D eigenvalue weighted by Crippen LogP contribution is 2.12. The third-order valence-corrected chi connectivity index (χ3v) is 3.33. The second-order valence-electron chi connectivity index (χ2n) is 5.63. The second-order valence-corrected chi connectivity index (χ2v) is 5.63. The summed E-state index contributed by atoms with van der Waals surface area (Å²) in [6.45, 7) is 4.01. The molecule has 2 rings (SSSR count). The fraction of sp³-hybridized carbons (Fsp3) is 0.333. The lowest BCUT2D eigenvalue weighted by atomic mass is 10.1. The van der Waals surface area contributed by atoms with Crippen molar-refractivity contribution in [1.29, 1.82) is 0 Å². The van der Waals surface area contributed by atoms with E-state index in [-0.39, 0.29) is 5.92 Å². The van der Waals surface area contributed by atoms with Gasteiger partial charge in [0, 0.05) is 12.7 Å². The van der Waals surface area contributed by atoms with Gasteiger partial charge in [-0.2, -0.15) is 0 Å². The summed E-state index contributed by atoms with van der Waals surface area (Å²) < 4.78 is 0. The minimum atomic E-state index is -0.931. The Morgan fingerprint density at radius 3 is 2.25 bits per heavy atom. The number of benzene rings is 1. The van der Waals surface area contributed by atoms with Gasteiger partial charge in [0.2, 0.25) is 0 Å². The van der Waals surface area contributed by atoms with Crippen LogP contribution in [0, 0.1) is 5.92 Å². The minimum Gasteiger partial charge on any atom is -0.480 e. The molecule has 0 saturated heterocycles. The molecule has 0 bridgehead atoms. The Morgan fingerprint density at radius 1 is 1.17 bits per heavy atom. The highest BCUT2D eigenvalue weighted by Gasteiger charge is 2.14. The Hall–Kier alpha value is -2.44. The first-order valence-electron chi connectivity index (χ1n) is 7.78. The molecule has 0 aliphatic carbocycles. The van der Waals surface area contributed by atoms with Crippen LogP contribution < -0.4 is 11.1 Å². The number of aliphatic carboxylic acids is 1. The lowest BCUT2D eigenvalue weighted by Gasteiger charge is -2.12. The van der Waals surface area contributed by atoms with Crippen LogP contribution in [0.15, 0.2) is 54.7 Å². The van der Waals surface area contributed by atoms with Crippen molar-refractivity contribution in [3.8, 4) is 0 Å². The third-order valence-electron chi connectivity index (χ3n) is 3.33. The maximum atomic E-state index is 10.0. The molecule has 0 saturated carbocycles. The molecule has 130 valence electrons. The fourth-order valence-electron chi connectivity index (χ4n) is 1.75. The molecular formula is C18H25N3O3. The molecule has 1 unspecified atom stereocenters. The number of aliphatic hydroxyl groups is 1. The van der Waals surface area contributed by atoms with Crippen molar-refractivity contribution in [3.63, 3.8) is 0 Å². The molecule has 24 heavy (non-hydrogen) atoms. The van der Waals surface area contributed by atoms with Crippen LogP contribution in [0.3, 0.4) is 0 Å². The van der Waals surface area contributed by atoms with Crippen LogP contribution in [-0.4, -0.2) is 33.8 Å². The van der Waals surface area contributed by atoms with Gasteiger partial charge in [-0.15, -0.1) is 0 Å². The lowest BCUT2D eigenvalue weighted by Crippen LogP contribution is -2.34. The molecule has 0 aliphatic rings. The first-order valence-corrected chi connectivity index (χ1v) is 7.78. The molecule has 6 nitrogen and oxygen atoms in total. The van der Waals surface area contributed by atoms with Gasteiger partial charge in [0.15, 0.2) is 0 Å². The lowest BCUT2D eigenvalue weighted by molar-refractivity contribution is -0.139. The number of rotatable bonds is 6. The summed E-state index contributed by atoms with van der Waals surface area (Å²) >= 11 is 0. The largest absolute Gasteiger partial charge is 0.480 e. The van der Waals surface area contributed by atoms with Gasteiger partial charge in [0.25, 0.3) is 0 Å². The van der Waals surface area contributed by atoms with Gasteiger partial charge >= 0.3 is 5.97 Å². The van der Waals surface area contributed by atoms with E-state index in [1.54, 1.807) is 20.0 Å². The number of carboxylic acids is 1. The van der Waals surface area contributed by atoms with Crippen LogP contribution in [-0.2, 0) is 4.79 Å². The van der Waals surface area contributed by atoms with Crippen LogP contribution in [0.4, 0.5) is 5.82 Å². The number of anilines is 1. The zero-order chi connectivity index (χ0) is 17.9. The van der Waals surface area contributed by atoms with E-state index in [9.17, 15) is 9.90 Å². The standard InChI is InChI=1S/C13H14N2O.C5H11NO2/c16-12(11-6-2-1-3-7-11)10-15-13-8-4-5-9-14-13;1-3(2)4(6)5(7)8/h1-9,12,16H,10H2,(H,14,15);3-4H,6H2,1-2H3,(H,7,8)/t;4-/m.0/s1. The average molecular weight is 331 g/mol. The van der Waals surface area contributed by atoms with Crippen LogP contribution in [0.25, 0.3) is 0 Å². The Kier molecular flexibility index (Phi) is 8.46. The maximum Gasteiger partial charge on any atom is 0.320 e. The maximum absolute atomic E-state index is 10.0. The number of hydrogen-bond donors (Lipinski definition) is 4. The number of nitrogens with zero attached hydrogens (tertiary/aromatic N) is 1. The fourth-order valence-corrected chi connectivity index (χ4v) is 1.75. The molecule has 0 fully saturated rings. The monoisotopic (exact) mass is 331 g/mol. The highest BCUT2D eigenvalue weighted by molar-refractivity contribution is 5.73. The summed E-state index contributed by atoms with van der Waals surface area (Å²) in [5.74, 6) is -0.134. The molecule has 1 heterocycles. The van der Waals surface area contributed by atoms with Gasteiger partial charge in [-0.3, -0.25) is 4.79 Å². The number of carboxylic acid groups (broad SMARTS) is 1. The zero-order valence-corrected chi connectivity index (χ0v) is 14.0. The Bertz CT molecular complexity index is 591. The Labute approximate surface area is 142 Å². The summed E-state index contributed by atoms with van der Waals surface area (Å²) in [6, 6.07) is 14.5. The van der Waals surface area contributed by atoms with Gasteiger partial charge in [-0.1, -0.05) is 50.2 Å². The molecule has 2 aromatic rings. The van der Waals surface area contributed by atoms with E-state index in [0.29, 0.717) is 6.54 Å². The van der Waals surface area contributed by atoms with Crippen LogP contribution in [0.2, 0.25) is 0 Å². The Balaban J connectivity index is 0.000000307. The summed E-state index contributed by atoms with van der Waals surface area (Å²) in [5.41, 5.74) is 6.07. The van der Waals surface area contributed by atoms with Crippen LogP contribution in [0.1, 0.15) is 25.5 Å². The number of nitrogens with one attached hydrogen (secondary N) is 1. The van der Waals surface area contributed by atoms with Gasteiger partial charge in [-0.25, -0.2) is 4.98 Å². The van der Waals surface area contributed by atoms with E-state index in [2.05, 4.69) is 10.3 Å². The average Bonchev–Trinajstić information content (AvgIpc) is 2.61. The van der Waals surface area contributed by atoms with Crippen molar-refractivity contribution in [1.82, 2.24) is 4.98 Å². The number of aromatic nitrogens is 1. The van der Waals surface area contributed by atoms with Crippen molar-refractivity contribution >= 4 is 11.8 Å². The molecule has 0 radical (unpaired) electrons. The quantitative estimate of drug-likeness (QED) is 0.647. The predicted octanol–water partition coefficient (Wildman–Crippen LogP) is 2.28. The number of aliphatic hydroxyl groups excluding tert-OH is 1. The molecule has 2 atom stereocenters. The predicted molar refractivity (Wildman–Crippen MR) is 94.6 cm³/mol. The van der Waals surface area contributed by atoms with Gasteiger partial charge in [-0.05, 0) is 23.6 Å². The van der Waals surface area contributed by atoms with Crippen molar-refractivity contribution < 1.29 is 15.0 Å². The van der Waals surface area contributed by atoms with Gasteiger partial charge in [0.1, 0.15) is 11.9 Å². The number of carbonyl (C=O) groups is 1. The summed E-state index contributed by atoms with van der Waals surface area (Å²) in [6.07, 6.45) is 1.21. The zero-order valence-electron chi connectivity index (χ0n) is 14.0. The molecule has 1 aromatic carbocycles. The van der Waals surface area contributed by atoms with E-state index in [1.165, 1.54) is 0 Å². The highest BCUT2D eigenvalue weighted by atomic mass is 16.4. The number of hydrogen-bond acceptors (Lipinski definition) is 5. The van der Waals surface area contributed by atoms with E-state index in [1.807, 2.05) is 48.5 Å². The topological polar surface area (TPSA) is 108 Å². The first-order chi connectivity index (χ1) is 11.4. The van der Waals surface area contributed by atoms with E-state index < -0.39 is 18.1 Å². The Morgan fingerprint density at radius 2 is 1.79 bits per heavy atom. The molecule has 0 amide bonds. The van der Waals surface area contributed by atoms with Crippen LogP contribution in [0.5, 0.6) is 0 Å². The van der Waals surface area contributed by atoms with E-state index in [4.69, 9.17) is 10.8 Å². The summed E-state index contributed by atoms with van der Waals surface area (Å²) in [5, 5.41) is 21.2. The molecule has 1 aromatic heterocycles. The number of pyridine rings is 1. The van der Waals surface area contributed by atoms with E-state index >= 15 is 0 Å². The van der Waals surface area contributed by atoms with E-state index in [0.717, 1.165) is 11.4 Å². The molecule has 0 spiro atoms. The van der Waals surface area contributed by atoms with Crippen molar-refractivity contribution in [3.05, 3.63) is 60.3 Å². The van der Waals surface area contributed by atoms with Gasteiger partial charge in [0.05, 0.1) is 6.10 Å². The normalized spacial score (nSPS) is 12.7. The third kappa shape index (κ3) is 7.21. The van der Waals surface area contributed by atoms with Crippen molar-refractivity contribution in [2.24, 2.45) is 11.7 Å². The second kappa shape index (κ2) is 10.4. The SMILES string of the molecule is CC(C)[C@H](N)C(=O)O.OC(CNc1ccccn1)c1ccccc1. The molecule has 6 heteroatoms. The van der Waals surface area contributed by atoms with Gasteiger partial charge < -0.3 is 21.3 Å². The molecule has 5 N–H and O–H groups in total. The van der Waals surface area contributed by atoms with Crippen LogP contribution >= 0.6 is 0 Å². The first kappa shape index (κ1) is 19.6.